The van der Waals surface area contributed by atoms with Gasteiger partial charge in [0.2, 0.25) is 5.82 Å². The van der Waals surface area contributed by atoms with Gasteiger partial charge in [-0.15, -0.1) is 0 Å². The van der Waals surface area contributed by atoms with Crippen LogP contribution in [0.1, 0.15) is 26.3 Å². The van der Waals surface area contributed by atoms with Gasteiger partial charge in [0.05, 0.1) is 4.92 Å². The number of carbonyl (C=O) groups is 1. The zero-order valence-electron chi connectivity index (χ0n) is 12.8. The fourth-order valence-electron chi connectivity index (χ4n) is 1.80. The predicted molar refractivity (Wildman–Crippen MR) is 79.0 cm³/mol. The van der Waals surface area contributed by atoms with Crippen molar-refractivity contribution in [1.29, 1.82) is 0 Å². The molecule has 1 unspecified atom stereocenters. The normalized spacial score (nSPS) is 12.6. The van der Waals surface area contributed by atoms with Crippen molar-refractivity contribution >= 4 is 11.8 Å². The van der Waals surface area contributed by atoms with Crippen molar-refractivity contribution in [2.45, 2.75) is 38.8 Å². The topological polar surface area (TPSA) is 107 Å². The van der Waals surface area contributed by atoms with Gasteiger partial charge in [-0.3, -0.25) is 10.1 Å². The van der Waals surface area contributed by atoms with Crippen molar-refractivity contribution in [2.24, 2.45) is 5.73 Å². The second kappa shape index (κ2) is 7.17. The lowest BCUT2D eigenvalue weighted by molar-refractivity contribution is -0.387. The third-order valence-corrected chi connectivity index (χ3v) is 2.73. The maximum Gasteiger partial charge on any atom is 0.407 e. The second-order valence-corrected chi connectivity index (χ2v) is 5.79. The first-order chi connectivity index (χ1) is 10.1. The van der Waals surface area contributed by atoms with Gasteiger partial charge in [-0.2, -0.15) is 4.39 Å². The minimum Gasteiger partial charge on any atom is -0.444 e. The summed E-state index contributed by atoms with van der Waals surface area (Å²) in [7, 11) is 0. The summed E-state index contributed by atoms with van der Waals surface area (Å²) >= 11 is 0. The van der Waals surface area contributed by atoms with Gasteiger partial charge >= 0.3 is 11.8 Å². The van der Waals surface area contributed by atoms with E-state index in [-0.39, 0.29) is 18.5 Å². The van der Waals surface area contributed by atoms with E-state index in [2.05, 4.69) is 5.32 Å². The zero-order valence-corrected chi connectivity index (χ0v) is 12.8. The van der Waals surface area contributed by atoms with E-state index in [4.69, 9.17) is 10.5 Å². The lowest BCUT2D eigenvalue weighted by Crippen LogP contribution is -2.44. The Hall–Kier alpha value is -2.22. The molecule has 1 aromatic carbocycles. The number of nitrogens with zero attached hydrogens (tertiary/aromatic N) is 1. The van der Waals surface area contributed by atoms with E-state index < -0.39 is 34.2 Å². The molecule has 3 N–H and O–H groups in total. The van der Waals surface area contributed by atoms with Gasteiger partial charge in [-0.25, -0.2) is 4.79 Å². The number of rotatable bonds is 5. The number of carbonyl (C=O) groups excluding carboxylic acids is 1. The maximum absolute atomic E-state index is 14.0. The summed E-state index contributed by atoms with van der Waals surface area (Å²) in [6.07, 6.45) is -0.641. The van der Waals surface area contributed by atoms with E-state index in [9.17, 15) is 19.3 Å². The Kier molecular flexibility index (Phi) is 5.81. The number of hydrogen-bond acceptors (Lipinski definition) is 5. The van der Waals surface area contributed by atoms with Gasteiger partial charge in [0.15, 0.2) is 0 Å². The van der Waals surface area contributed by atoms with Crippen LogP contribution in [0, 0.1) is 15.9 Å². The molecule has 0 aromatic heterocycles. The lowest BCUT2D eigenvalue weighted by atomic mass is 10.0. The molecule has 0 fully saturated rings. The highest BCUT2D eigenvalue weighted by Gasteiger charge is 2.22. The molecule has 0 radical (unpaired) electrons. The molecule has 0 heterocycles. The Labute approximate surface area is 127 Å². The molecule has 122 valence electrons. The number of halogens is 1. The summed E-state index contributed by atoms with van der Waals surface area (Å²) in [6.45, 7) is 5.18. The molecule has 0 aliphatic carbocycles. The Bertz CT molecular complexity index is 558. The zero-order chi connectivity index (χ0) is 16.9. The summed E-state index contributed by atoms with van der Waals surface area (Å²) in [5, 5.41) is 13.2. The molecule has 1 atom stereocenters. The maximum atomic E-state index is 14.0. The van der Waals surface area contributed by atoms with Gasteiger partial charge in [-0.1, -0.05) is 12.1 Å². The largest absolute Gasteiger partial charge is 0.444 e. The minimum absolute atomic E-state index is 0.0310. The fraction of sp³-hybridized carbons (Fsp3) is 0.500. The Morgan fingerprint density at radius 2 is 2.14 bits per heavy atom. The number of hydrogen-bond donors (Lipinski definition) is 2. The van der Waals surface area contributed by atoms with E-state index in [0.717, 1.165) is 6.07 Å². The van der Waals surface area contributed by atoms with E-state index in [1.807, 2.05) is 0 Å². The van der Waals surface area contributed by atoms with Crippen LogP contribution in [0.4, 0.5) is 14.9 Å². The van der Waals surface area contributed by atoms with Crippen LogP contribution >= 0.6 is 0 Å². The number of amides is 1. The molecule has 1 amide bonds. The predicted octanol–water partition coefficient (Wildman–Crippen LogP) is 2.13. The summed E-state index contributed by atoms with van der Waals surface area (Å²) in [5.74, 6) is -0.920. The average molecular weight is 313 g/mol. The first-order valence-electron chi connectivity index (χ1n) is 6.75. The van der Waals surface area contributed by atoms with Crippen LogP contribution < -0.4 is 11.1 Å². The Morgan fingerprint density at radius 1 is 1.50 bits per heavy atom. The summed E-state index contributed by atoms with van der Waals surface area (Å²) in [5.41, 5.74) is 4.39. The van der Waals surface area contributed by atoms with Crippen LogP contribution in [0.2, 0.25) is 0 Å². The number of benzene rings is 1. The summed E-state index contributed by atoms with van der Waals surface area (Å²) in [6, 6.07) is 3.29. The molecule has 1 aromatic rings. The van der Waals surface area contributed by atoms with E-state index >= 15 is 0 Å². The molecule has 0 aliphatic heterocycles. The molecule has 7 nitrogen and oxygen atoms in total. The van der Waals surface area contributed by atoms with Crippen LogP contribution in [0.3, 0.4) is 0 Å². The van der Waals surface area contributed by atoms with Crippen molar-refractivity contribution in [3.8, 4) is 0 Å². The highest BCUT2D eigenvalue weighted by molar-refractivity contribution is 5.68. The number of nitrogens with one attached hydrogen (secondary N) is 1. The SMILES string of the molecule is CC(C)(C)OC(=O)NC(CN)Cc1cccc([N+](=O)[O-])c1F. The standard InChI is InChI=1S/C14H20FN3O4/c1-14(2,3)22-13(19)17-10(8-16)7-9-5-4-6-11(12(9)15)18(20)21/h4-6,10H,7-8,16H2,1-3H3,(H,17,19). The van der Waals surface area contributed by atoms with Gasteiger partial charge in [0.1, 0.15) is 5.60 Å². The third-order valence-electron chi connectivity index (χ3n) is 2.73. The number of alkyl carbamates (subject to hydrolysis) is 1. The quantitative estimate of drug-likeness (QED) is 0.639. The minimum atomic E-state index is -0.920. The molecular formula is C14H20FN3O4. The van der Waals surface area contributed by atoms with Gasteiger partial charge in [0.25, 0.3) is 0 Å². The molecular weight excluding hydrogens is 293 g/mol. The summed E-state index contributed by atoms with van der Waals surface area (Å²) in [4.78, 5) is 21.6. The molecule has 8 heteroatoms. The lowest BCUT2D eigenvalue weighted by Gasteiger charge is -2.23. The third kappa shape index (κ3) is 5.28. The van der Waals surface area contributed by atoms with Crippen molar-refractivity contribution in [1.82, 2.24) is 5.32 Å². The monoisotopic (exact) mass is 313 g/mol. The van der Waals surface area contributed by atoms with Crippen LogP contribution in [0.5, 0.6) is 0 Å². The van der Waals surface area contributed by atoms with Crippen LogP contribution in [0.15, 0.2) is 18.2 Å². The average Bonchev–Trinajstić information content (AvgIpc) is 2.37. The fourth-order valence-corrected chi connectivity index (χ4v) is 1.80. The van der Waals surface area contributed by atoms with Gasteiger partial charge in [0, 0.05) is 18.7 Å². The van der Waals surface area contributed by atoms with Gasteiger partial charge in [-0.05, 0) is 32.8 Å². The number of nitro benzene ring substituents is 1. The van der Waals surface area contributed by atoms with E-state index in [0.29, 0.717) is 0 Å². The summed E-state index contributed by atoms with van der Waals surface area (Å²) < 4.78 is 19.1. The van der Waals surface area contributed by atoms with Crippen molar-refractivity contribution in [3.63, 3.8) is 0 Å². The second-order valence-electron chi connectivity index (χ2n) is 5.79. The Morgan fingerprint density at radius 3 is 2.64 bits per heavy atom. The van der Waals surface area contributed by atoms with Gasteiger partial charge < -0.3 is 15.8 Å². The molecule has 1 rings (SSSR count). The number of ether oxygens (including phenoxy) is 1. The highest BCUT2D eigenvalue weighted by atomic mass is 19.1. The smallest absolute Gasteiger partial charge is 0.407 e. The van der Waals surface area contributed by atoms with Crippen LogP contribution in [0.25, 0.3) is 0 Å². The number of nitro groups is 1. The molecule has 0 saturated heterocycles. The van der Waals surface area contributed by atoms with Crippen molar-refractivity contribution < 1.29 is 18.8 Å². The first kappa shape index (κ1) is 17.8. The van der Waals surface area contributed by atoms with Crippen LogP contribution in [-0.4, -0.2) is 29.2 Å². The molecule has 0 aliphatic rings. The molecule has 0 bridgehead atoms. The van der Waals surface area contributed by atoms with Crippen LogP contribution in [-0.2, 0) is 11.2 Å². The number of nitrogens with two attached hydrogens (primary N) is 1. The van der Waals surface area contributed by atoms with E-state index in [1.165, 1.54) is 12.1 Å². The van der Waals surface area contributed by atoms with E-state index in [1.54, 1.807) is 20.8 Å². The highest BCUT2D eigenvalue weighted by Crippen LogP contribution is 2.21. The van der Waals surface area contributed by atoms with Crippen molar-refractivity contribution in [2.75, 3.05) is 6.54 Å². The molecule has 0 spiro atoms. The molecule has 22 heavy (non-hydrogen) atoms. The van der Waals surface area contributed by atoms with Crippen molar-refractivity contribution in [3.05, 3.63) is 39.7 Å². The first-order valence-corrected chi connectivity index (χ1v) is 6.75. The Balaban J connectivity index is 2.81. The molecule has 0 saturated carbocycles.